The van der Waals surface area contributed by atoms with Gasteiger partial charge in [-0.15, -0.1) is 11.6 Å². The molecule has 40 heavy (non-hydrogen) atoms. The molecule has 4 fully saturated rings. The summed E-state index contributed by atoms with van der Waals surface area (Å²) in [5.74, 6) is 1.07. The molecule has 0 radical (unpaired) electrons. The van der Waals surface area contributed by atoms with Crippen molar-refractivity contribution in [3.63, 3.8) is 0 Å². The quantitative estimate of drug-likeness (QED) is 0.443. The Morgan fingerprint density at radius 1 is 1.20 bits per heavy atom. The summed E-state index contributed by atoms with van der Waals surface area (Å²) in [6.45, 7) is 5.10. The highest BCUT2D eigenvalue weighted by Gasteiger charge is 2.51. The van der Waals surface area contributed by atoms with Crippen molar-refractivity contribution >= 4 is 29.3 Å². The average molecular weight is 593 g/mol. The topological polar surface area (TPSA) is 96.7 Å². The number of carbonyl (C=O) groups is 1. The largest absolute Gasteiger partial charge is 0.481 e. The maximum Gasteiger partial charge on any atom is 0.308 e. The number of hydrogen-bond donors (Lipinski definition) is 2. The molecule has 1 aromatic heterocycles. The lowest BCUT2D eigenvalue weighted by atomic mass is 9.70. The molecule has 9 atom stereocenters. The molecule has 6 rings (SSSR count). The number of fused-ring (bicyclic) bond motifs is 2. The normalized spacial score (nSPS) is 37.8. The van der Waals surface area contributed by atoms with E-state index in [4.69, 9.17) is 21.3 Å². The number of likely N-dealkylation sites (N-methyl/N-ethyl adjacent to an activating group) is 1. The van der Waals surface area contributed by atoms with Gasteiger partial charge in [-0.05, 0) is 90.5 Å². The van der Waals surface area contributed by atoms with Crippen LogP contribution in [-0.4, -0.2) is 85.8 Å². The zero-order valence-corrected chi connectivity index (χ0v) is 25.6. The van der Waals surface area contributed by atoms with Crippen molar-refractivity contribution in [2.75, 3.05) is 19.4 Å². The first-order valence-corrected chi connectivity index (χ1v) is 16.9. The first kappa shape index (κ1) is 29.0. The van der Waals surface area contributed by atoms with Gasteiger partial charge in [-0.3, -0.25) is 14.2 Å². The van der Waals surface area contributed by atoms with Crippen LogP contribution in [0.2, 0.25) is 0 Å². The molecule has 2 saturated heterocycles. The number of aliphatic carboxylic acids is 1. The number of thioether (sulfide) groups is 1. The van der Waals surface area contributed by atoms with Crippen LogP contribution in [0, 0.1) is 24.7 Å². The smallest absolute Gasteiger partial charge is 0.308 e. The molecule has 0 bridgehead atoms. The molecular weight excluding hydrogens is 548 g/mol. The van der Waals surface area contributed by atoms with Gasteiger partial charge in [-0.1, -0.05) is 0 Å². The Hall–Kier alpha value is -1.13. The number of aromatic nitrogens is 2. The van der Waals surface area contributed by atoms with E-state index in [9.17, 15) is 14.7 Å². The van der Waals surface area contributed by atoms with Crippen LogP contribution < -0.4 is 10.9 Å². The molecule has 2 saturated carbocycles. The summed E-state index contributed by atoms with van der Waals surface area (Å²) in [4.78, 5) is 32.9. The highest BCUT2D eigenvalue weighted by molar-refractivity contribution is 8.00. The van der Waals surface area contributed by atoms with Gasteiger partial charge in [0.05, 0.1) is 30.9 Å². The van der Waals surface area contributed by atoms with Gasteiger partial charge in [0.1, 0.15) is 5.82 Å². The van der Waals surface area contributed by atoms with E-state index in [0.29, 0.717) is 42.8 Å². The molecule has 3 aliphatic carbocycles. The Labute approximate surface area is 247 Å². The molecule has 222 valence electrons. The van der Waals surface area contributed by atoms with Crippen LogP contribution >= 0.6 is 23.4 Å². The lowest BCUT2D eigenvalue weighted by molar-refractivity contribution is -0.142. The maximum atomic E-state index is 13.6. The second kappa shape index (κ2) is 11.9. The fourth-order valence-corrected chi connectivity index (χ4v) is 10.3. The fourth-order valence-electron chi connectivity index (χ4n) is 8.11. The maximum absolute atomic E-state index is 13.6. The van der Waals surface area contributed by atoms with Gasteiger partial charge in [-0.2, -0.15) is 11.8 Å². The third-order valence-electron chi connectivity index (χ3n) is 10.5. The summed E-state index contributed by atoms with van der Waals surface area (Å²) in [7, 11) is 2.21. The molecular formula is C30H45ClN4O4S. The van der Waals surface area contributed by atoms with Crippen LogP contribution in [0.3, 0.4) is 0 Å². The van der Waals surface area contributed by atoms with Gasteiger partial charge in [-0.25, -0.2) is 4.98 Å². The van der Waals surface area contributed by atoms with Crippen molar-refractivity contribution < 1.29 is 14.6 Å². The Bertz CT molecular complexity index is 1160. The van der Waals surface area contributed by atoms with Crippen molar-refractivity contribution in [3.05, 3.63) is 27.4 Å². The van der Waals surface area contributed by atoms with Crippen molar-refractivity contribution in [2.24, 2.45) is 17.8 Å². The first-order chi connectivity index (χ1) is 19.2. The average Bonchev–Trinajstić information content (AvgIpc) is 3.69. The van der Waals surface area contributed by atoms with Crippen LogP contribution in [0.4, 0.5) is 0 Å². The fraction of sp³-hybridized carbons (Fsp3) is 0.833. The van der Waals surface area contributed by atoms with E-state index in [1.807, 2.05) is 23.3 Å². The minimum Gasteiger partial charge on any atom is -0.481 e. The predicted octanol–water partition coefficient (Wildman–Crippen LogP) is 3.48. The molecule has 0 amide bonds. The zero-order chi connectivity index (χ0) is 28.1. The van der Waals surface area contributed by atoms with Gasteiger partial charge in [0.25, 0.3) is 5.56 Å². The third-order valence-corrected chi connectivity index (χ3v) is 12.4. The number of halogens is 1. The van der Waals surface area contributed by atoms with E-state index >= 15 is 0 Å². The number of carboxylic acid groups (broad SMARTS) is 1. The number of alkyl halides is 1. The molecule has 5 aliphatic rings. The van der Waals surface area contributed by atoms with Crippen LogP contribution in [-0.2, 0) is 28.9 Å². The second-order valence-corrected chi connectivity index (χ2v) is 14.9. The number of rotatable bonds is 8. The summed E-state index contributed by atoms with van der Waals surface area (Å²) in [5, 5.41) is 13.8. The zero-order valence-electron chi connectivity index (χ0n) is 24.1. The second-order valence-electron chi connectivity index (χ2n) is 13.1. The summed E-state index contributed by atoms with van der Waals surface area (Å²) in [6.07, 6.45) is 9.13. The van der Waals surface area contributed by atoms with Gasteiger partial charge < -0.3 is 20.1 Å². The van der Waals surface area contributed by atoms with Crippen LogP contribution in [0.5, 0.6) is 0 Å². The molecule has 0 spiro atoms. The SMILES string of the molecule is Cc1nc2c(c(=O)n1CCOC1CCC(Cl)CC1C1CC(C)NC3C(C(=O)O)CSC13)C[C@@H](N(C)C1CC1)CC2. The molecule has 0 aromatic carbocycles. The van der Waals surface area contributed by atoms with E-state index < -0.39 is 5.97 Å². The van der Waals surface area contributed by atoms with Crippen LogP contribution in [0.25, 0.3) is 0 Å². The molecule has 2 aliphatic heterocycles. The van der Waals surface area contributed by atoms with E-state index in [1.165, 1.54) is 12.8 Å². The summed E-state index contributed by atoms with van der Waals surface area (Å²) in [5.41, 5.74) is 2.00. The van der Waals surface area contributed by atoms with Gasteiger partial charge >= 0.3 is 5.97 Å². The molecule has 2 N–H and O–H groups in total. The highest BCUT2D eigenvalue weighted by atomic mass is 35.5. The minimum atomic E-state index is -0.697. The van der Waals surface area contributed by atoms with Gasteiger partial charge in [0.2, 0.25) is 0 Å². The summed E-state index contributed by atoms with van der Waals surface area (Å²) >= 11 is 8.54. The number of nitrogens with one attached hydrogen (secondary N) is 1. The van der Waals surface area contributed by atoms with Gasteiger partial charge in [0, 0.05) is 46.1 Å². The summed E-state index contributed by atoms with van der Waals surface area (Å²) < 4.78 is 8.44. The number of nitrogens with zero attached hydrogens (tertiary/aromatic N) is 3. The molecule has 3 heterocycles. The van der Waals surface area contributed by atoms with E-state index in [-0.39, 0.29) is 40.3 Å². The standard InChI is InChI=1S/C30H45ClN4O4S/c1-16-12-22(28-27(32-16)24(15-40-28)30(37)38)21-13-18(31)4-9-26(21)39-11-10-35-17(2)33-25-8-7-20(14-23(25)29(35)36)34(3)19-5-6-19/h16,18-22,24,26-28,32H,4-15H2,1-3H3,(H,37,38)/t16?,18?,20-,21?,22?,24?,26?,27?,28?/m0/s1. The highest BCUT2D eigenvalue weighted by Crippen LogP contribution is 2.48. The third kappa shape index (κ3) is 5.75. The molecule has 1 aromatic rings. The van der Waals surface area contributed by atoms with Crippen LogP contribution in [0.1, 0.15) is 69.0 Å². The Balaban J connectivity index is 1.14. The Morgan fingerprint density at radius 3 is 2.75 bits per heavy atom. The molecule has 8 nitrogen and oxygen atoms in total. The van der Waals surface area contributed by atoms with Gasteiger partial charge in [0.15, 0.2) is 0 Å². The van der Waals surface area contributed by atoms with Crippen molar-refractivity contribution in [3.8, 4) is 0 Å². The first-order valence-electron chi connectivity index (χ1n) is 15.4. The lowest BCUT2D eigenvalue weighted by Crippen LogP contribution is -2.57. The number of aryl methyl sites for hydroxylation is 2. The predicted molar refractivity (Wildman–Crippen MR) is 158 cm³/mol. The number of carboxylic acids is 1. The van der Waals surface area contributed by atoms with Crippen molar-refractivity contribution in [1.82, 2.24) is 19.8 Å². The Kier molecular flexibility index (Phi) is 8.59. The number of hydrogen-bond acceptors (Lipinski definition) is 7. The van der Waals surface area contributed by atoms with Crippen molar-refractivity contribution in [1.29, 1.82) is 0 Å². The lowest BCUT2D eigenvalue weighted by Gasteiger charge is -2.47. The van der Waals surface area contributed by atoms with E-state index in [1.54, 1.807) is 0 Å². The molecule has 10 heteroatoms. The van der Waals surface area contributed by atoms with E-state index in [0.717, 1.165) is 62.0 Å². The van der Waals surface area contributed by atoms with Crippen molar-refractivity contribution in [2.45, 2.75) is 119 Å². The minimum absolute atomic E-state index is 0.00168. The number of piperidine rings is 1. The van der Waals surface area contributed by atoms with E-state index in [2.05, 4.69) is 24.2 Å². The Morgan fingerprint density at radius 2 is 2.00 bits per heavy atom. The van der Waals surface area contributed by atoms with Crippen LogP contribution in [0.15, 0.2) is 4.79 Å². The summed E-state index contributed by atoms with van der Waals surface area (Å²) in [6, 6.07) is 1.39. The molecule has 8 unspecified atom stereocenters. The number of ether oxygens (including phenoxy) is 1. The monoisotopic (exact) mass is 592 g/mol.